The van der Waals surface area contributed by atoms with Gasteiger partial charge in [-0.2, -0.15) is 0 Å². The maximum absolute atomic E-state index is 12.8. The van der Waals surface area contributed by atoms with Gasteiger partial charge in [0, 0.05) is 6.42 Å². The van der Waals surface area contributed by atoms with E-state index in [9.17, 15) is 19.4 Å². The highest BCUT2D eigenvalue weighted by molar-refractivity contribution is 7.47. The summed E-state index contributed by atoms with van der Waals surface area (Å²) in [6, 6.07) is -0.865. The number of nitrogens with one attached hydrogen (secondary N) is 1. The van der Waals surface area contributed by atoms with Gasteiger partial charge >= 0.3 is 7.82 Å². The molecule has 0 fully saturated rings. The van der Waals surface area contributed by atoms with E-state index in [4.69, 9.17) is 9.05 Å². The number of amides is 1. The van der Waals surface area contributed by atoms with E-state index < -0.39 is 20.0 Å². The highest BCUT2D eigenvalue weighted by Crippen LogP contribution is 2.43. The van der Waals surface area contributed by atoms with E-state index in [0.717, 1.165) is 44.9 Å². The van der Waals surface area contributed by atoms with Crippen molar-refractivity contribution in [1.29, 1.82) is 0 Å². The number of carbonyl (C=O) groups excluding carboxylic acids is 1. The van der Waals surface area contributed by atoms with E-state index >= 15 is 0 Å². The average Bonchev–Trinajstić information content (AvgIpc) is 3.20. The monoisotopic (exact) mass is 868 g/mol. The molecule has 0 saturated carbocycles. The minimum absolute atomic E-state index is 0.0542. The minimum atomic E-state index is -4.34. The molecule has 0 spiro atoms. The highest BCUT2D eigenvalue weighted by atomic mass is 31.2. The van der Waals surface area contributed by atoms with Crippen LogP contribution < -0.4 is 5.32 Å². The summed E-state index contributed by atoms with van der Waals surface area (Å²) in [5.74, 6) is -0.196. The van der Waals surface area contributed by atoms with Crippen LogP contribution in [-0.2, 0) is 18.4 Å². The summed E-state index contributed by atoms with van der Waals surface area (Å²) < 4.78 is 23.5. The first-order valence-corrected chi connectivity index (χ1v) is 26.9. The number of hydrogen-bond acceptors (Lipinski definition) is 5. The number of allylic oxidation sites excluding steroid dienone is 5. The fourth-order valence-electron chi connectivity index (χ4n) is 7.31. The van der Waals surface area contributed by atoms with Crippen molar-refractivity contribution in [3.63, 3.8) is 0 Å². The zero-order valence-corrected chi connectivity index (χ0v) is 41.1. The summed E-state index contributed by atoms with van der Waals surface area (Å²) in [6.45, 7) is 4.76. The summed E-state index contributed by atoms with van der Waals surface area (Å²) >= 11 is 0. The van der Waals surface area contributed by atoms with Gasteiger partial charge in [-0.25, -0.2) is 4.57 Å². The van der Waals surface area contributed by atoms with Gasteiger partial charge in [0.2, 0.25) is 5.91 Å². The van der Waals surface area contributed by atoms with Crippen LogP contribution in [0.5, 0.6) is 0 Å². The van der Waals surface area contributed by atoms with E-state index in [-0.39, 0.29) is 19.1 Å². The second kappa shape index (κ2) is 43.0. The lowest BCUT2D eigenvalue weighted by atomic mass is 10.0. The van der Waals surface area contributed by atoms with Gasteiger partial charge in [0.25, 0.3) is 0 Å². The first kappa shape index (κ1) is 58.7. The summed E-state index contributed by atoms with van der Waals surface area (Å²) in [4.78, 5) is 23.0. The van der Waals surface area contributed by atoms with Crippen molar-refractivity contribution in [2.24, 2.45) is 0 Å². The number of aliphatic hydroxyl groups is 1. The van der Waals surface area contributed by atoms with Crippen molar-refractivity contribution in [2.45, 2.75) is 244 Å². The van der Waals surface area contributed by atoms with Gasteiger partial charge in [0.05, 0.1) is 39.9 Å². The summed E-state index contributed by atoms with van der Waals surface area (Å²) in [5, 5.41) is 13.8. The zero-order chi connectivity index (χ0) is 44.3. The third-order valence-corrected chi connectivity index (χ3v) is 12.3. The van der Waals surface area contributed by atoms with Crippen LogP contribution >= 0.6 is 7.82 Å². The number of unbranched alkanes of at least 4 members (excludes halogenated alkanes) is 29. The van der Waals surface area contributed by atoms with Crippen molar-refractivity contribution < 1.29 is 32.9 Å². The number of nitrogens with zero attached hydrogens (tertiary/aromatic N) is 1. The molecule has 0 heterocycles. The van der Waals surface area contributed by atoms with Crippen LogP contribution in [0.2, 0.25) is 0 Å². The van der Waals surface area contributed by atoms with Crippen LogP contribution in [0.15, 0.2) is 36.5 Å². The third-order valence-electron chi connectivity index (χ3n) is 11.3. The average molecular weight is 868 g/mol. The molecule has 0 aliphatic rings. The molecule has 0 aromatic rings. The Kier molecular flexibility index (Phi) is 42.1. The Morgan fingerprint density at radius 2 is 0.917 bits per heavy atom. The molecule has 0 bridgehead atoms. The van der Waals surface area contributed by atoms with Crippen molar-refractivity contribution in [3.8, 4) is 0 Å². The first-order valence-electron chi connectivity index (χ1n) is 25.4. The van der Waals surface area contributed by atoms with E-state index in [0.29, 0.717) is 17.4 Å². The molecule has 3 N–H and O–H groups in total. The highest BCUT2D eigenvalue weighted by Gasteiger charge is 2.27. The van der Waals surface area contributed by atoms with Gasteiger partial charge in [0.1, 0.15) is 13.2 Å². The molecule has 354 valence electrons. The Labute approximate surface area is 372 Å². The van der Waals surface area contributed by atoms with Gasteiger partial charge in [-0.15, -0.1) is 0 Å². The number of carbonyl (C=O) groups is 1. The molecule has 0 rings (SSSR count). The molecule has 1 amide bonds. The fourth-order valence-corrected chi connectivity index (χ4v) is 8.05. The molecule has 0 aromatic carbocycles. The van der Waals surface area contributed by atoms with E-state index in [1.54, 1.807) is 6.08 Å². The number of aliphatic hydroxyl groups excluding tert-OH is 1. The second-order valence-electron chi connectivity index (χ2n) is 18.5. The van der Waals surface area contributed by atoms with E-state index in [1.807, 2.05) is 27.2 Å². The van der Waals surface area contributed by atoms with Crippen LogP contribution in [0.25, 0.3) is 0 Å². The molecule has 9 heteroatoms. The van der Waals surface area contributed by atoms with Gasteiger partial charge < -0.3 is 19.8 Å². The maximum Gasteiger partial charge on any atom is 0.472 e. The summed E-state index contributed by atoms with van der Waals surface area (Å²) in [5.41, 5.74) is 0. The molecule has 60 heavy (non-hydrogen) atoms. The van der Waals surface area contributed by atoms with Crippen LogP contribution in [-0.4, -0.2) is 73.4 Å². The number of phosphoric ester groups is 1. The van der Waals surface area contributed by atoms with E-state index in [2.05, 4.69) is 43.5 Å². The topological polar surface area (TPSA) is 105 Å². The molecule has 3 atom stereocenters. The normalized spacial score (nSPS) is 14.4. The van der Waals surface area contributed by atoms with Gasteiger partial charge in [-0.3, -0.25) is 13.8 Å². The van der Waals surface area contributed by atoms with Gasteiger partial charge in [-0.1, -0.05) is 217 Å². The molecule has 8 nitrogen and oxygen atoms in total. The Morgan fingerprint density at radius 3 is 1.33 bits per heavy atom. The van der Waals surface area contributed by atoms with Crippen LogP contribution in [0.4, 0.5) is 0 Å². The predicted molar refractivity (Wildman–Crippen MR) is 258 cm³/mol. The minimum Gasteiger partial charge on any atom is -0.387 e. The molecule has 0 aromatic heterocycles. The van der Waals surface area contributed by atoms with Crippen molar-refractivity contribution >= 4 is 13.7 Å². The molecule has 0 aliphatic carbocycles. The zero-order valence-electron chi connectivity index (χ0n) is 40.2. The molecule has 0 radical (unpaired) electrons. The Bertz CT molecular complexity index is 1070. The van der Waals surface area contributed by atoms with Crippen molar-refractivity contribution in [3.05, 3.63) is 36.5 Å². The molecule has 0 aliphatic heterocycles. The summed E-state index contributed by atoms with van der Waals surface area (Å²) in [6.07, 6.45) is 54.1. The van der Waals surface area contributed by atoms with Crippen molar-refractivity contribution in [2.75, 3.05) is 40.9 Å². The largest absolute Gasteiger partial charge is 0.472 e. The lowest BCUT2D eigenvalue weighted by molar-refractivity contribution is -0.870. The summed E-state index contributed by atoms with van der Waals surface area (Å²) in [7, 11) is 1.55. The fraction of sp³-hybridized carbons (Fsp3) is 0.863. The van der Waals surface area contributed by atoms with Crippen molar-refractivity contribution in [1.82, 2.24) is 5.32 Å². The third kappa shape index (κ3) is 44.8. The predicted octanol–water partition coefficient (Wildman–Crippen LogP) is 14.6. The number of hydrogen-bond donors (Lipinski definition) is 3. The number of phosphoric acid groups is 1. The van der Waals surface area contributed by atoms with Crippen LogP contribution in [0, 0.1) is 0 Å². The standard InChI is InChI=1S/C51H99N2O6P/c1-6-8-10-12-14-16-17-18-19-20-21-22-23-24-25-26-27-28-29-30-31-32-33-34-35-36-37-38-40-42-44-50(54)49(48-59-60(56,57)58-47-46-53(3,4)5)52-51(55)45-43-41-39-15-13-11-9-7-2/h32-33,36-37,42,44,49-50,54H,6-31,34-35,38-41,43,45-48H2,1-5H3,(H-,52,55,56,57)/p+1/b33-32+,37-36+,44-42+. The lowest BCUT2D eigenvalue weighted by Crippen LogP contribution is -2.45. The second-order valence-corrected chi connectivity index (χ2v) is 20.0. The van der Waals surface area contributed by atoms with Gasteiger partial charge in [0.15, 0.2) is 0 Å². The smallest absolute Gasteiger partial charge is 0.387 e. The Morgan fingerprint density at radius 1 is 0.550 bits per heavy atom. The molecule has 3 unspecified atom stereocenters. The van der Waals surface area contributed by atoms with Gasteiger partial charge in [-0.05, 0) is 44.9 Å². The van der Waals surface area contributed by atoms with Crippen LogP contribution in [0.1, 0.15) is 232 Å². The number of likely N-dealkylation sites (N-methyl/N-ethyl adjacent to an activating group) is 1. The molecular weight excluding hydrogens is 768 g/mol. The molecular formula is C51H100N2O6P+. The maximum atomic E-state index is 12.8. The number of rotatable bonds is 46. The quantitative estimate of drug-likeness (QED) is 0.0244. The Balaban J connectivity index is 4.13. The first-order chi connectivity index (χ1) is 29.0. The lowest BCUT2D eigenvalue weighted by Gasteiger charge is -2.25. The molecule has 0 saturated heterocycles. The van der Waals surface area contributed by atoms with Crippen LogP contribution in [0.3, 0.4) is 0 Å². The Hall–Kier alpha value is -1.28. The van der Waals surface area contributed by atoms with E-state index in [1.165, 1.54) is 167 Å². The SMILES string of the molecule is CCCCCCCCCCCCCCCCCCCCCC/C=C/CC/C=C/CC/C=C/C(O)C(COP(=O)(O)OCC[N+](C)(C)C)NC(=O)CCCCCCCCCC. The number of quaternary nitrogens is 1.